The Morgan fingerprint density at radius 1 is 1.20 bits per heavy atom. The number of benzene rings is 1. The van der Waals surface area contributed by atoms with Gasteiger partial charge in [0.2, 0.25) is 0 Å². The number of hydrogen-bond acceptors (Lipinski definition) is 3. The van der Waals surface area contributed by atoms with Crippen molar-refractivity contribution >= 4 is 26.7 Å². The second-order valence-electron chi connectivity index (χ2n) is 4.25. The highest BCUT2D eigenvalue weighted by Crippen LogP contribution is 2.22. The first kappa shape index (κ1) is 12.9. The minimum atomic E-state index is -0.121. The fourth-order valence-corrected chi connectivity index (χ4v) is 2.38. The Kier molecular flexibility index (Phi) is 3.28. The molecule has 100 valence electrons. The number of ether oxygens (including phenoxy) is 1. The monoisotopic (exact) mass is 330 g/mol. The normalized spacial score (nSPS) is 10.7. The van der Waals surface area contributed by atoms with E-state index < -0.39 is 0 Å². The molecule has 0 unspecified atom stereocenters. The highest BCUT2D eigenvalue weighted by molar-refractivity contribution is 9.10. The van der Waals surface area contributed by atoms with Crippen molar-refractivity contribution in [2.75, 3.05) is 7.11 Å². The topological polar surface area (TPSA) is 44.1 Å². The molecule has 0 atom stereocenters. The molecule has 0 aliphatic heterocycles. The summed E-state index contributed by atoms with van der Waals surface area (Å²) in [7, 11) is 1.56. The van der Waals surface area contributed by atoms with Crippen molar-refractivity contribution in [1.82, 2.24) is 9.55 Å². The Morgan fingerprint density at radius 2 is 2.05 bits per heavy atom. The predicted molar refractivity (Wildman–Crippen MR) is 81.6 cm³/mol. The fourth-order valence-electron chi connectivity index (χ4n) is 2.14. The summed E-state index contributed by atoms with van der Waals surface area (Å²) in [5.41, 5.74) is 0.593. The van der Waals surface area contributed by atoms with Gasteiger partial charge in [-0.1, -0.05) is 12.1 Å². The fraction of sp³-hybridized carbons (Fsp3) is 0.0667. The maximum absolute atomic E-state index is 12.6. The Hall–Kier alpha value is -2.14. The van der Waals surface area contributed by atoms with Gasteiger partial charge in [-0.05, 0) is 45.6 Å². The summed E-state index contributed by atoms with van der Waals surface area (Å²) in [5.74, 6) is 0.576. The molecule has 0 N–H and O–H groups in total. The van der Waals surface area contributed by atoms with E-state index in [4.69, 9.17) is 4.74 Å². The van der Waals surface area contributed by atoms with Crippen LogP contribution >= 0.6 is 15.9 Å². The van der Waals surface area contributed by atoms with Crippen molar-refractivity contribution in [3.05, 3.63) is 63.7 Å². The van der Waals surface area contributed by atoms with Crippen LogP contribution in [0, 0.1) is 0 Å². The summed E-state index contributed by atoms with van der Waals surface area (Å²) >= 11 is 3.28. The van der Waals surface area contributed by atoms with E-state index in [0.717, 1.165) is 9.99 Å². The average molecular weight is 331 g/mol. The zero-order chi connectivity index (χ0) is 14.1. The van der Waals surface area contributed by atoms with E-state index in [1.54, 1.807) is 36.2 Å². The van der Waals surface area contributed by atoms with E-state index in [1.165, 1.54) is 0 Å². The van der Waals surface area contributed by atoms with Gasteiger partial charge in [-0.3, -0.25) is 9.36 Å². The first-order valence-electron chi connectivity index (χ1n) is 6.01. The number of nitrogens with zero attached hydrogens (tertiary/aromatic N) is 2. The van der Waals surface area contributed by atoms with Crippen LogP contribution in [0.5, 0.6) is 5.75 Å². The Labute approximate surface area is 123 Å². The van der Waals surface area contributed by atoms with Gasteiger partial charge in [0.15, 0.2) is 0 Å². The summed E-state index contributed by atoms with van der Waals surface area (Å²) in [5, 5.41) is 1.43. The SMILES string of the molecule is COc1cccc2ccn(-c3ccc(Br)nc3)c(=O)c12. The standard InChI is InChI=1S/C15H11BrN2O2/c1-20-12-4-2-3-10-7-8-18(15(19)14(10)12)11-5-6-13(16)17-9-11/h2-9H,1H3. The Bertz CT molecular complexity index is 825. The third-order valence-electron chi connectivity index (χ3n) is 3.10. The highest BCUT2D eigenvalue weighted by Gasteiger charge is 2.09. The van der Waals surface area contributed by atoms with E-state index in [-0.39, 0.29) is 5.56 Å². The third-order valence-corrected chi connectivity index (χ3v) is 3.57. The molecule has 0 aliphatic carbocycles. The number of rotatable bonds is 2. The van der Waals surface area contributed by atoms with Crippen LogP contribution in [0.1, 0.15) is 0 Å². The van der Waals surface area contributed by atoms with Gasteiger partial charge in [0, 0.05) is 6.20 Å². The average Bonchev–Trinajstić information content (AvgIpc) is 2.48. The maximum Gasteiger partial charge on any atom is 0.266 e. The van der Waals surface area contributed by atoms with Gasteiger partial charge in [0.1, 0.15) is 10.4 Å². The first-order valence-corrected chi connectivity index (χ1v) is 6.80. The molecule has 0 bridgehead atoms. The van der Waals surface area contributed by atoms with Crippen LogP contribution in [-0.4, -0.2) is 16.7 Å². The highest BCUT2D eigenvalue weighted by atomic mass is 79.9. The van der Waals surface area contributed by atoms with E-state index >= 15 is 0 Å². The molecule has 5 heteroatoms. The van der Waals surface area contributed by atoms with Gasteiger partial charge in [0.05, 0.1) is 24.4 Å². The molecule has 3 rings (SSSR count). The Morgan fingerprint density at radius 3 is 2.75 bits per heavy atom. The minimum Gasteiger partial charge on any atom is -0.496 e. The second kappa shape index (κ2) is 5.09. The Balaban J connectivity index is 2.31. The van der Waals surface area contributed by atoms with Crippen molar-refractivity contribution in [2.24, 2.45) is 0 Å². The molecule has 4 nitrogen and oxygen atoms in total. The number of halogens is 1. The van der Waals surface area contributed by atoms with Crippen molar-refractivity contribution in [2.45, 2.75) is 0 Å². The molecule has 20 heavy (non-hydrogen) atoms. The van der Waals surface area contributed by atoms with Crippen LogP contribution < -0.4 is 10.3 Å². The lowest BCUT2D eigenvalue weighted by Gasteiger charge is -2.09. The summed E-state index contributed by atoms with van der Waals surface area (Å²) < 4.78 is 7.57. The zero-order valence-electron chi connectivity index (χ0n) is 10.7. The summed E-state index contributed by atoms with van der Waals surface area (Å²) in [6, 6.07) is 11.1. The molecule has 0 radical (unpaired) electrons. The molecule has 2 heterocycles. The van der Waals surface area contributed by atoms with Gasteiger partial charge in [-0.25, -0.2) is 4.98 Å². The number of aromatic nitrogens is 2. The van der Waals surface area contributed by atoms with E-state index in [9.17, 15) is 4.79 Å². The number of methoxy groups -OCH3 is 1. The van der Waals surface area contributed by atoms with E-state index in [0.29, 0.717) is 16.8 Å². The number of hydrogen-bond donors (Lipinski definition) is 0. The summed E-state index contributed by atoms with van der Waals surface area (Å²) in [4.78, 5) is 16.8. The van der Waals surface area contributed by atoms with Crippen LogP contribution in [0.4, 0.5) is 0 Å². The largest absolute Gasteiger partial charge is 0.496 e. The summed E-state index contributed by atoms with van der Waals surface area (Å²) in [6.45, 7) is 0. The van der Waals surface area contributed by atoms with Gasteiger partial charge in [-0.2, -0.15) is 0 Å². The van der Waals surface area contributed by atoms with Crippen LogP contribution in [-0.2, 0) is 0 Å². The van der Waals surface area contributed by atoms with Gasteiger partial charge < -0.3 is 4.74 Å². The molecule has 0 amide bonds. The lowest BCUT2D eigenvalue weighted by molar-refractivity contribution is 0.419. The third kappa shape index (κ3) is 2.10. The smallest absolute Gasteiger partial charge is 0.266 e. The van der Waals surface area contributed by atoms with E-state index in [1.807, 2.05) is 24.3 Å². The van der Waals surface area contributed by atoms with Crippen molar-refractivity contribution in [3.63, 3.8) is 0 Å². The molecular weight excluding hydrogens is 320 g/mol. The van der Waals surface area contributed by atoms with E-state index in [2.05, 4.69) is 20.9 Å². The second-order valence-corrected chi connectivity index (χ2v) is 5.07. The van der Waals surface area contributed by atoms with Gasteiger partial charge in [-0.15, -0.1) is 0 Å². The van der Waals surface area contributed by atoms with Crippen LogP contribution in [0.3, 0.4) is 0 Å². The number of pyridine rings is 2. The van der Waals surface area contributed by atoms with Gasteiger partial charge >= 0.3 is 0 Å². The molecule has 0 spiro atoms. The molecule has 3 aromatic rings. The van der Waals surface area contributed by atoms with Crippen LogP contribution in [0.2, 0.25) is 0 Å². The zero-order valence-corrected chi connectivity index (χ0v) is 12.3. The van der Waals surface area contributed by atoms with Gasteiger partial charge in [0.25, 0.3) is 5.56 Å². The lowest BCUT2D eigenvalue weighted by atomic mass is 10.1. The quantitative estimate of drug-likeness (QED) is 0.678. The maximum atomic E-state index is 12.6. The van der Waals surface area contributed by atoms with Crippen molar-refractivity contribution in [1.29, 1.82) is 0 Å². The van der Waals surface area contributed by atoms with Crippen LogP contribution in [0.15, 0.2) is 58.2 Å². The van der Waals surface area contributed by atoms with Crippen molar-refractivity contribution in [3.8, 4) is 11.4 Å². The summed E-state index contributed by atoms with van der Waals surface area (Å²) in [6.07, 6.45) is 3.39. The molecule has 0 saturated heterocycles. The van der Waals surface area contributed by atoms with Crippen LogP contribution in [0.25, 0.3) is 16.5 Å². The molecule has 0 aliphatic rings. The molecular formula is C15H11BrN2O2. The minimum absolute atomic E-state index is 0.121. The molecule has 0 fully saturated rings. The lowest BCUT2D eigenvalue weighted by Crippen LogP contribution is -2.18. The first-order chi connectivity index (χ1) is 9.70. The molecule has 1 aromatic carbocycles. The van der Waals surface area contributed by atoms with Crippen molar-refractivity contribution < 1.29 is 4.74 Å². The molecule has 2 aromatic heterocycles. The predicted octanol–water partition coefficient (Wildman–Crippen LogP) is 3.16. The molecule has 0 saturated carbocycles. The number of fused-ring (bicyclic) bond motifs is 1.